The number of ether oxygens (including phenoxy) is 1. The van der Waals surface area contributed by atoms with Crippen LogP contribution in [0.4, 0.5) is 5.69 Å². The highest BCUT2D eigenvalue weighted by Gasteiger charge is 2.17. The number of hydrogen-bond donors (Lipinski definition) is 4. The number of para-hydroxylation sites is 1. The fourth-order valence-electron chi connectivity index (χ4n) is 2.47. The second-order valence-electron chi connectivity index (χ2n) is 6.33. The Kier molecular flexibility index (Phi) is 8.26. The lowest BCUT2D eigenvalue weighted by atomic mass is 10.1. The Labute approximate surface area is 176 Å². The van der Waals surface area contributed by atoms with Crippen molar-refractivity contribution in [2.45, 2.75) is 19.3 Å². The second kappa shape index (κ2) is 11.1. The summed E-state index contributed by atoms with van der Waals surface area (Å²) in [4.78, 5) is 57.4. The van der Waals surface area contributed by atoms with Crippen molar-refractivity contribution >= 4 is 35.4 Å². The van der Waals surface area contributed by atoms with E-state index in [1.54, 1.807) is 12.1 Å². The molecule has 10 heteroatoms. The summed E-state index contributed by atoms with van der Waals surface area (Å²) in [5.74, 6) is -4.03. The van der Waals surface area contributed by atoms with E-state index in [1.165, 1.54) is 36.4 Å². The molecule has 2 rings (SSSR count). The highest BCUT2D eigenvalue weighted by molar-refractivity contribution is 6.00. The number of rotatable bonds is 10. The van der Waals surface area contributed by atoms with Crippen LogP contribution in [0, 0.1) is 0 Å². The van der Waals surface area contributed by atoms with E-state index in [4.69, 9.17) is 14.9 Å². The van der Waals surface area contributed by atoms with Crippen molar-refractivity contribution in [1.29, 1.82) is 0 Å². The Morgan fingerprint density at radius 1 is 0.839 bits per heavy atom. The van der Waals surface area contributed by atoms with Gasteiger partial charge < -0.3 is 25.6 Å². The maximum atomic E-state index is 12.4. The lowest BCUT2D eigenvalue weighted by molar-refractivity contribution is -0.137. The molecular formula is C21H20N2O8. The molecule has 0 fully saturated rings. The quantitative estimate of drug-likeness (QED) is 0.330. The van der Waals surface area contributed by atoms with Crippen LogP contribution in [0.2, 0.25) is 0 Å². The minimum Gasteiger partial charge on any atom is -0.481 e. The van der Waals surface area contributed by atoms with Gasteiger partial charge in [0.25, 0.3) is 5.91 Å². The van der Waals surface area contributed by atoms with Crippen molar-refractivity contribution < 1.29 is 38.9 Å². The van der Waals surface area contributed by atoms with Crippen molar-refractivity contribution in [3.63, 3.8) is 0 Å². The Hall–Kier alpha value is -4.21. The first-order chi connectivity index (χ1) is 14.8. The van der Waals surface area contributed by atoms with Crippen molar-refractivity contribution in [3.8, 4) is 5.75 Å². The minimum absolute atomic E-state index is 0.00217. The SMILES string of the molecule is O=C(O)CCCC(=O)Nc1ccc(C(=O)Oc2ccccc2C(=O)NCC(=O)O)cc1. The number of carbonyl (C=O) groups excluding carboxylic acids is 3. The van der Waals surface area contributed by atoms with Crippen molar-refractivity contribution in [1.82, 2.24) is 5.32 Å². The van der Waals surface area contributed by atoms with Gasteiger partial charge in [0.2, 0.25) is 5.91 Å². The Bertz CT molecular complexity index is 985. The molecule has 31 heavy (non-hydrogen) atoms. The Morgan fingerprint density at radius 3 is 2.16 bits per heavy atom. The minimum atomic E-state index is -1.21. The summed E-state index contributed by atoms with van der Waals surface area (Å²) >= 11 is 0. The van der Waals surface area contributed by atoms with Gasteiger partial charge in [-0.2, -0.15) is 0 Å². The molecule has 0 saturated heterocycles. The average Bonchev–Trinajstić information content (AvgIpc) is 2.72. The van der Waals surface area contributed by atoms with Gasteiger partial charge in [-0.05, 0) is 42.8 Å². The zero-order valence-corrected chi connectivity index (χ0v) is 16.3. The van der Waals surface area contributed by atoms with E-state index in [-0.39, 0.29) is 42.0 Å². The first-order valence-electron chi connectivity index (χ1n) is 9.19. The van der Waals surface area contributed by atoms with Crippen LogP contribution < -0.4 is 15.4 Å². The van der Waals surface area contributed by atoms with Crippen molar-refractivity contribution in [2.75, 3.05) is 11.9 Å². The van der Waals surface area contributed by atoms with Crippen LogP contribution in [0.15, 0.2) is 48.5 Å². The number of amides is 2. The lowest BCUT2D eigenvalue weighted by Gasteiger charge is -2.10. The summed E-state index contributed by atoms with van der Waals surface area (Å²) in [7, 11) is 0. The van der Waals surface area contributed by atoms with Gasteiger partial charge in [-0.15, -0.1) is 0 Å². The van der Waals surface area contributed by atoms with E-state index in [9.17, 15) is 24.0 Å². The number of benzene rings is 2. The van der Waals surface area contributed by atoms with E-state index in [0.717, 1.165) is 0 Å². The average molecular weight is 428 g/mol. The maximum absolute atomic E-state index is 12.4. The molecule has 0 heterocycles. The summed E-state index contributed by atoms with van der Waals surface area (Å²) in [5.41, 5.74) is 0.581. The van der Waals surface area contributed by atoms with Crippen LogP contribution in [-0.4, -0.2) is 46.5 Å². The molecular weight excluding hydrogens is 408 g/mol. The molecule has 0 atom stereocenters. The molecule has 0 aliphatic carbocycles. The number of aliphatic carboxylic acids is 2. The molecule has 0 aromatic heterocycles. The van der Waals surface area contributed by atoms with Gasteiger partial charge in [-0.25, -0.2) is 4.79 Å². The molecule has 162 valence electrons. The third-order valence-electron chi connectivity index (χ3n) is 3.93. The zero-order chi connectivity index (χ0) is 22.8. The topological polar surface area (TPSA) is 159 Å². The smallest absolute Gasteiger partial charge is 0.343 e. The zero-order valence-electron chi connectivity index (χ0n) is 16.3. The Balaban J connectivity index is 1.99. The summed E-state index contributed by atoms with van der Waals surface area (Å²) in [6.45, 7) is -0.579. The third-order valence-corrected chi connectivity index (χ3v) is 3.93. The molecule has 2 aromatic carbocycles. The number of nitrogens with one attached hydrogen (secondary N) is 2. The molecule has 0 spiro atoms. The number of esters is 1. The molecule has 0 aliphatic heterocycles. The first-order valence-corrected chi connectivity index (χ1v) is 9.19. The molecule has 10 nitrogen and oxygen atoms in total. The van der Waals surface area contributed by atoms with Gasteiger partial charge in [0, 0.05) is 18.5 Å². The van der Waals surface area contributed by atoms with Crippen LogP contribution in [0.5, 0.6) is 5.75 Å². The van der Waals surface area contributed by atoms with Crippen LogP contribution in [0.1, 0.15) is 40.0 Å². The van der Waals surface area contributed by atoms with E-state index >= 15 is 0 Å². The molecule has 0 radical (unpaired) electrons. The van der Waals surface area contributed by atoms with E-state index in [1.807, 2.05) is 0 Å². The summed E-state index contributed by atoms with van der Waals surface area (Å²) < 4.78 is 5.27. The van der Waals surface area contributed by atoms with E-state index in [2.05, 4.69) is 10.6 Å². The first kappa shape index (κ1) is 23.1. The van der Waals surface area contributed by atoms with Crippen LogP contribution >= 0.6 is 0 Å². The molecule has 2 amide bonds. The summed E-state index contributed by atoms with van der Waals surface area (Å²) in [6, 6.07) is 11.7. The number of hydrogen-bond acceptors (Lipinski definition) is 6. The molecule has 0 unspecified atom stereocenters. The van der Waals surface area contributed by atoms with Gasteiger partial charge in [0.1, 0.15) is 12.3 Å². The molecule has 0 saturated carbocycles. The van der Waals surface area contributed by atoms with Crippen LogP contribution in [0.25, 0.3) is 0 Å². The van der Waals surface area contributed by atoms with Crippen molar-refractivity contribution in [3.05, 3.63) is 59.7 Å². The van der Waals surface area contributed by atoms with Gasteiger partial charge in [-0.1, -0.05) is 12.1 Å². The Morgan fingerprint density at radius 2 is 1.52 bits per heavy atom. The predicted molar refractivity (Wildman–Crippen MR) is 108 cm³/mol. The van der Waals surface area contributed by atoms with Gasteiger partial charge in [0.05, 0.1) is 11.1 Å². The number of carboxylic acid groups (broad SMARTS) is 2. The van der Waals surface area contributed by atoms with Crippen LogP contribution in [-0.2, 0) is 14.4 Å². The number of carboxylic acids is 2. The molecule has 0 aliphatic rings. The van der Waals surface area contributed by atoms with Gasteiger partial charge in [-0.3, -0.25) is 19.2 Å². The molecule has 0 bridgehead atoms. The summed E-state index contributed by atoms with van der Waals surface area (Å²) in [5, 5.41) is 22.0. The monoisotopic (exact) mass is 428 g/mol. The second-order valence-corrected chi connectivity index (χ2v) is 6.33. The maximum Gasteiger partial charge on any atom is 0.343 e. The van der Waals surface area contributed by atoms with E-state index in [0.29, 0.717) is 5.69 Å². The highest BCUT2D eigenvalue weighted by atomic mass is 16.5. The fourth-order valence-corrected chi connectivity index (χ4v) is 2.47. The summed E-state index contributed by atoms with van der Waals surface area (Å²) in [6.07, 6.45) is 0.163. The molecule has 2 aromatic rings. The fraction of sp³-hybridized carbons (Fsp3) is 0.190. The highest BCUT2D eigenvalue weighted by Crippen LogP contribution is 2.20. The van der Waals surface area contributed by atoms with Crippen molar-refractivity contribution in [2.24, 2.45) is 0 Å². The lowest BCUT2D eigenvalue weighted by Crippen LogP contribution is -2.29. The standard InChI is InChI=1S/C21H20N2O8/c24-17(6-3-7-18(25)26)23-14-10-8-13(9-11-14)21(30)31-16-5-2-1-4-15(16)20(29)22-12-19(27)28/h1-2,4-5,8-11H,3,6-7,12H2,(H,22,29)(H,23,24)(H,25,26)(H,27,28). The predicted octanol–water partition coefficient (Wildman–Crippen LogP) is 1.91. The van der Waals surface area contributed by atoms with E-state index < -0.39 is 30.4 Å². The molecule has 4 N–H and O–H groups in total. The van der Waals surface area contributed by atoms with Gasteiger partial charge in [0.15, 0.2) is 0 Å². The normalized spacial score (nSPS) is 10.1. The largest absolute Gasteiger partial charge is 0.481 e. The number of anilines is 1. The van der Waals surface area contributed by atoms with Crippen LogP contribution in [0.3, 0.4) is 0 Å². The van der Waals surface area contributed by atoms with Gasteiger partial charge >= 0.3 is 17.9 Å². The third kappa shape index (κ3) is 7.61. The number of carbonyl (C=O) groups is 5.